The second-order valence-electron chi connectivity index (χ2n) is 27.3. The molecule has 1 fully saturated rings. The van der Waals surface area contributed by atoms with E-state index in [0.717, 1.165) is 51.8 Å². The predicted molar refractivity (Wildman–Crippen MR) is 388 cm³/mol. The fourth-order valence-electron chi connectivity index (χ4n) is 13.6. The van der Waals surface area contributed by atoms with Crippen molar-refractivity contribution in [3.8, 4) is 67.9 Å². The maximum absolute atomic E-state index is 13.8. The summed E-state index contributed by atoms with van der Waals surface area (Å²) in [5.41, 5.74) is 4.96. The average molecular weight is 1810 g/mol. The molecule has 6 unspecified atom stereocenters. The predicted octanol–water partition coefficient (Wildman–Crippen LogP) is 25.0. The van der Waals surface area contributed by atoms with Crippen molar-refractivity contribution in [2.45, 2.75) is 158 Å². The summed E-state index contributed by atoms with van der Waals surface area (Å²) < 4.78 is 416. The number of benzene rings is 9. The summed E-state index contributed by atoms with van der Waals surface area (Å²) in [6, 6.07) is 41.9. The first-order chi connectivity index (χ1) is 57.3. The largest absolute Gasteiger partial charge is 0.573 e. The van der Waals surface area contributed by atoms with E-state index in [9.17, 15) is 142 Å². The number of nitrogens with zero attached hydrogens (tertiary/aromatic N) is 2. The molecule has 0 aliphatic carbocycles. The minimum atomic E-state index is -5.07. The normalized spacial score (nSPS) is 17.3. The fraction of sp³-hybridized carbons (Fsp3) is 0.341. The fourth-order valence-corrected chi connectivity index (χ4v) is 13.6. The van der Waals surface area contributed by atoms with Gasteiger partial charge in [-0.15, -0.1) is 39.5 Å². The average Bonchev–Trinajstić information content (AvgIpc) is 1.04. The molecule has 1 saturated heterocycles. The molecular formula is C82H67F30N3O9. The van der Waals surface area contributed by atoms with Crippen LogP contribution in [-0.4, -0.2) is 123 Å². The van der Waals surface area contributed by atoms with Crippen LogP contribution >= 0.6 is 0 Å². The number of aliphatic hydroxyl groups excluding tert-OH is 2. The monoisotopic (exact) mass is 1810 g/mol. The number of para-hydroxylation sites is 3. The number of alkyl halides is 30. The van der Waals surface area contributed by atoms with E-state index in [0.29, 0.717) is 57.5 Å². The highest BCUT2D eigenvalue weighted by atomic mass is 19.4. The summed E-state index contributed by atoms with van der Waals surface area (Å²) in [7, 11) is 0. The Bertz CT molecular complexity index is 4830. The molecule has 13 rings (SSSR count). The van der Waals surface area contributed by atoms with Crippen LogP contribution in [0.2, 0.25) is 0 Å². The van der Waals surface area contributed by atoms with Crippen molar-refractivity contribution in [2.75, 3.05) is 34.8 Å². The van der Waals surface area contributed by atoms with Gasteiger partial charge in [-0.2, -0.15) is 92.2 Å². The number of β-amino-alcohol motifs (C(OH)–C–C–N with tert-alkyl or cyclic N) is 2. The van der Waals surface area contributed by atoms with Crippen molar-refractivity contribution in [2.24, 2.45) is 0 Å². The Morgan fingerprint density at radius 3 is 0.984 bits per heavy atom. The zero-order valence-electron chi connectivity index (χ0n) is 62.1. The molecule has 3 N–H and O–H groups in total. The second-order valence-corrected chi connectivity index (χ2v) is 27.3. The SMILES string of the molecule is C.FC(F)(F)C1CO1.FC(F)C(F)(F)Oc1ccccc1C1CCc2c(cccc2-c2cccc(OC(F)(F)F)c2)N1.OC(CN1c2cccc(-c3cccc(OC(F)(F)F)c3)c2CCC1c1ccccc1OC(F)(F)C(F)F)C(F)(F)F.OC(CN1c2cccc(-c3cccc(OC(F)(F)F)c3)c2CCC1c1ccccc1OC(F)(F)C(F)F)C(F)(F)F. The van der Waals surface area contributed by atoms with Crippen LogP contribution in [0.15, 0.2) is 200 Å². The maximum atomic E-state index is 13.8. The summed E-state index contributed by atoms with van der Waals surface area (Å²) in [5.74, 6) is -3.15. The number of hydrogen-bond acceptors (Lipinski definition) is 12. The molecular weight excluding hydrogens is 1740 g/mol. The van der Waals surface area contributed by atoms with Crippen LogP contribution in [0, 0.1) is 0 Å². The molecule has 674 valence electrons. The summed E-state index contributed by atoms with van der Waals surface area (Å²) >= 11 is 0. The third kappa shape index (κ3) is 25.4. The van der Waals surface area contributed by atoms with E-state index in [1.54, 1.807) is 30.3 Å². The van der Waals surface area contributed by atoms with Gasteiger partial charge in [0.05, 0.1) is 37.8 Å². The van der Waals surface area contributed by atoms with E-state index >= 15 is 0 Å². The third-order valence-electron chi connectivity index (χ3n) is 18.9. The molecule has 0 amide bonds. The number of fused-ring (bicyclic) bond motifs is 3. The third-order valence-corrected chi connectivity index (χ3v) is 18.9. The van der Waals surface area contributed by atoms with E-state index in [1.165, 1.54) is 133 Å². The van der Waals surface area contributed by atoms with Crippen molar-refractivity contribution in [3.63, 3.8) is 0 Å². The van der Waals surface area contributed by atoms with Gasteiger partial charge >= 0.3 is 75.2 Å². The van der Waals surface area contributed by atoms with Crippen molar-refractivity contribution in [1.29, 1.82) is 0 Å². The van der Waals surface area contributed by atoms with Crippen molar-refractivity contribution < 1.29 is 175 Å². The van der Waals surface area contributed by atoms with E-state index < -0.39 is 148 Å². The Labute approximate surface area is 684 Å². The van der Waals surface area contributed by atoms with Crippen LogP contribution in [0.1, 0.15) is 78.2 Å². The van der Waals surface area contributed by atoms with Crippen LogP contribution < -0.4 is 43.5 Å². The van der Waals surface area contributed by atoms with Gasteiger partial charge in [0.25, 0.3) is 0 Å². The minimum absolute atomic E-state index is 0. The Balaban J connectivity index is 0.000000202. The number of ether oxygens (including phenoxy) is 7. The van der Waals surface area contributed by atoms with Crippen molar-refractivity contribution in [1.82, 2.24) is 0 Å². The quantitative estimate of drug-likeness (QED) is 0.0442. The number of halogens is 30. The highest BCUT2D eigenvalue weighted by Gasteiger charge is 2.51. The Kier molecular flexibility index (Phi) is 30.1. The molecule has 0 saturated carbocycles. The van der Waals surface area contributed by atoms with E-state index in [-0.39, 0.29) is 84.8 Å². The van der Waals surface area contributed by atoms with E-state index in [1.807, 2.05) is 0 Å². The number of nitrogens with one attached hydrogen (secondary N) is 1. The molecule has 0 radical (unpaired) electrons. The van der Waals surface area contributed by atoms with Crippen LogP contribution in [0.4, 0.5) is 149 Å². The van der Waals surface area contributed by atoms with E-state index in [4.69, 9.17) is 0 Å². The Morgan fingerprint density at radius 1 is 0.363 bits per heavy atom. The number of epoxide rings is 1. The molecule has 4 heterocycles. The molecule has 0 spiro atoms. The van der Waals surface area contributed by atoms with Crippen LogP contribution in [0.3, 0.4) is 0 Å². The van der Waals surface area contributed by atoms with Gasteiger partial charge in [0.2, 0.25) is 0 Å². The highest BCUT2D eigenvalue weighted by Crippen LogP contribution is 2.51. The van der Waals surface area contributed by atoms with Crippen LogP contribution in [0.5, 0.6) is 34.5 Å². The lowest BCUT2D eigenvalue weighted by Gasteiger charge is -2.41. The topological polar surface area (TPSA) is 127 Å². The minimum Gasteiger partial charge on any atom is -0.428 e. The lowest BCUT2D eigenvalue weighted by atomic mass is 9.86. The van der Waals surface area contributed by atoms with Crippen molar-refractivity contribution >= 4 is 17.1 Å². The van der Waals surface area contributed by atoms with Crippen LogP contribution in [-0.2, 0) is 24.0 Å². The van der Waals surface area contributed by atoms with Gasteiger partial charge in [0.15, 0.2) is 18.3 Å². The molecule has 4 aliphatic rings. The van der Waals surface area contributed by atoms with Gasteiger partial charge in [-0.05, 0) is 161 Å². The zero-order valence-corrected chi connectivity index (χ0v) is 62.1. The molecule has 12 nitrogen and oxygen atoms in total. The summed E-state index contributed by atoms with van der Waals surface area (Å²) in [5, 5.41) is 23.1. The number of aliphatic hydroxyl groups is 2. The van der Waals surface area contributed by atoms with Gasteiger partial charge in [-0.3, -0.25) is 0 Å². The first-order valence-electron chi connectivity index (χ1n) is 36.0. The molecule has 9 aromatic rings. The molecule has 42 heteroatoms. The first-order valence-corrected chi connectivity index (χ1v) is 36.0. The standard InChI is InChI=1S/2C27H21F10NO3.C24H18F7NO2.C3H3F3O.CH4/c2*28-24(29)26(33,34)41-22-10-2-1-7-19(22)21-12-11-18-17(15-5-3-6-16(13-15)40-27(35,36)37)8-4-9-20(18)38(21)14-23(39)25(30,31)32;25-22(26)23(27,28)34-21-10-2-1-7-18(21)20-12-11-17-16(8-4-9-19(17)32-20)14-5-3-6-15(13-14)33-24(29,30)31;4-3(5,6)2-1-7-2;/h2*1-10,13,21,23-24,39H,11-12,14H2;1-10,13,20,22,32H,11-12H2;2H,1H2;1H4. The highest BCUT2D eigenvalue weighted by molar-refractivity contribution is 5.79. The molecule has 0 bridgehead atoms. The molecule has 4 aliphatic heterocycles. The summed E-state index contributed by atoms with van der Waals surface area (Å²) in [6.45, 7) is -2.29. The van der Waals surface area contributed by atoms with Gasteiger partial charge in [0.1, 0.15) is 34.5 Å². The second kappa shape index (κ2) is 38.6. The lowest BCUT2D eigenvalue weighted by Crippen LogP contribution is -2.44. The van der Waals surface area contributed by atoms with Gasteiger partial charge in [-0.1, -0.05) is 135 Å². The summed E-state index contributed by atoms with van der Waals surface area (Å²) in [6.07, 6.45) is -62.1. The first kappa shape index (κ1) is 96.8. The number of hydrogen-bond donors (Lipinski definition) is 3. The molecule has 9 aromatic carbocycles. The van der Waals surface area contributed by atoms with E-state index in [2.05, 4.69) is 38.5 Å². The smallest absolute Gasteiger partial charge is 0.428 e. The summed E-state index contributed by atoms with van der Waals surface area (Å²) in [4.78, 5) is 2.19. The van der Waals surface area contributed by atoms with Gasteiger partial charge < -0.3 is 58.5 Å². The zero-order chi connectivity index (χ0) is 90.3. The van der Waals surface area contributed by atoms with Crippen molar-refractivity contribution in [3.05, 3.63) is 234 Å². The molecule has 124 heavy (non-hydrogen) atoms. The molecule has 6 atom stereocenters. The maximum Gasteiger partial charge on any atom is 0.573 e. The van der Waals surface area contributed by atoms with Crippen LogP contribution in [0.25, 0.3) is 33.4 Å². The Morgan fingerprint density at radius 2 is 0.669 bits per heavy atom. The lowest BCUT2D eigenvalue weighted by molar-refractivity contribution is -0.275. The number of anilines is 3. The van der Waals surface area contributed by atoms with Gasteiger partial charge in [0, 0.05) is 33.8 Å². The van der Waals surface area contributed by atoms with Gasteiger partial charge in [-0.25, -0.2) is 0 Å². The Hall–Kier alpha value is -11.0. The number of rotatable bonds is 22. The molecule has 0 aromatic heterocycles.